The summed E-state index contributed by atoms with van der Waals surface area (Å²) in [4.78, 5) is 11.6. The van der Waals surface area contributed by atoms with Gasteiger partial charge < -0.3 is 13.6 Å². The molecule has 6 heteroatoms. The first-order valence-electron chi connectivity index (χ1n) is 14.8. The summed E-state index contributed by atoms with van der Waals surface area (Å²) in [6, 6.07) is 0. The van der Waals surface area contributed by atoms with Crippen LogP contribution in [0.2, 0.25) is 36.3 Å². The average molecular weight is 597 g/mol. The number of esters is 1. The Morgan fingerprint density at radius 2 is 1.22 bits per heavy atom. The van der Waals surface area contributed by atoms with E-state index in [4.69, 9.17) is 13.6 Å². The summed E-state index contributed by atoms with van der Waals surface area (Å²) in [5.74, 6) is 18.2. The molecule has 0 aliphatic carbocycles. The van der Waals surface area contributed by atoms with E-state index in [-0.39, 0.29) is 28.3 Å². The van der Waals surface area contributed by atoms with E-state index in [1.165, 1.54) is 7.11 Å². The summed E-state index contributed by atoms with van der Waals surface area (Å²) in [5, 5.41) is 0.245. The predicted octanol–water partition coefficient (Wildman–Crippen LogP) is 8.98. The van der Waals surface area contributed by atoms with Crippen molar-refractivity contribution in [1.29, 1.82) is 0 Å². The van der Waals surface area contributed by atoms with E-state index in [1.807, 2.05) is 12.2 Å². The molecule has 0 aromatic rings. The maximum absolute atomic E-state index is 11.6. The highest BCUT2D eigenvalue weighted by Crippen LogP contribution is 2.38. The van der Waals surface area contributed by atoms with Crippen molar-refractivity contribution < 1.29 is 18.4 Å². The third-order valence-electron chi connectivity index (χ3n) is 7.61. The molecule has 0 N–H and O–H groups in total. The normalized spacial score (nSPS) is 14.1. The highest BCUT2D eigenvalue weighted by atomic mass is 28.4. The first-order chi connectivity index (χ1) is 19.0. The van der Waals surface area contributed by atoms with Crippen LogP contribution in [0.15, 0.2) is 36.5 Å². The van der Waals surface area contributed by atoms with Gasteiger partial charge in [-0.25, -0.2) is 0 Å². The minimum absolute atomic E-state index is 0.0368. The minimum Gasteiger partial charge on any atom is -0.469 e. The van der Waals surface area contributed by atoms with Gasteiger partial charge in [-0.1, -0.05) is 96.1 Å². The first-order valence-corrected chi connectivity index (χ1v) is 20.6. The maximum atomic E-state index is 11.6. The van der Waals surface area contributed by atoms with Gasteiger partial charge in [-0.2, -0.15) is 0 Å². The molecular weight excluding hydrogens is 541 g/mol. The Labute approximate surface area is 255 Å². The summed E-state index contributed by atoms with van der Waals surface area (Å²) in [5.41, 5.74) is 0. The molecule has 0 unspecified atom stereocenters. The van der Waals surface area contributed by atoms with Crippen molar-refractivity contribution in [2.75, 3.05) is 7.11 Å². The first kappa shape index (κ1) is 38.7. The highest BCUT2D eigenvalue weighted by Gasteiger charge is 2.39. The van der Waals surface area contributed by atoms with Gasteiger partial charge in [0, 0.05) is 6.42 Å². The third kappa shape index (κ3) is 17.3. The largest absolute Gasteiger partial charge is 0.469 e. The van der Waals surface area contributed by atoms with Gasteiger partial charge in [0.05, 0.1) is 32.2 Å². The van der Waals surface area contributed by atoms with Crippen LogP contribution < -0.4 is 0 Å². The average Bonchev–Trinajstić information content (AvgIpc) is 2.85. The predicted molar refractivity (Wildman–Crippen MR) is 180 cm³/mol. The van der Waals surface area contributed by atoms with Crippen molar-refractivity contribution in [2.24, 2.45) is 0 Å². The molecule has 41 heavy (non-hydrogen) atoms. The fraction of sp³-hybridized carbons (Fsp3) is 0.629. The molecule has 0 amide bonds. The zero-order valence-electron chi connectivity index (χ0n) is 28.0. The lowest BCUT2D eigenvalue weighted by molar-refractivity contribution is -0.141. The molecule has 0 aromatic carbocycles. The molecule has 0 fully saturated rings. The molecule has 0 rings (SSSR count). The van der Waals surface area contributed by atoms with Gasteiger partial charge >= 0.3 is 5.97 Å². The summed E-state index contributed by atoms with van der Waals surface area (Å²) in [6.45, 7) is 24.5. The second-order valence-corrected chi connectivity index (χ2v) is 22.6. The van der Waals surface area contributed by atoms with Gasteiger partial charge in [0.2, 0.25) is 0 Å². The van der Waals surface area contributed by atoms with Crippen molar-refractivity contribution in [3.8, 4) is 35.5 Å². The van der Waals surface area contributed by atoms with Crippen LogP contribution in [0, 0.1) is 35.5 Å². The lowest BCUT2D eigenvalue weighted by Gasteiger charge is -2.38. The second-order valence-electron chi connectivity index (χ2n) is 13.1. The number of ether oxygens (including phenoxy) is 1. The van der Waals surface area contributed by atoms with Crippen LogP contribution in [0.5, 0.6) is 0 Å². The van der Waals surface area contributed by atoms with Gasteiger partial charge in [0.25, 0.3) is 0 Å². The van der Waals surface area contributed by atoms with Crippen LogP contribution in [0.1, 0.15) is 87.0 Å². The SMILES string of the molecule is CC/C=C\C[C@@H](/C=C/C#CCC#CCC#C/C=C/[C@H](CCC(=O)OC)O[Si](C)(C)C(C)(C)C)O[Si](C)(C)C(C)(C)C. The summed E-state index contributed by atoms with van der Waals surface area (Å²) in [7, 11) is -2.44. The van der Waals surface area contributed by atoms with E-state index < -0.39 is 16.6 Å². The minimum atomic E-state index is -1.98. The van der Waals surface area contributed by atoms with Crippen LogP contribution in [0.25, 0.3) is 0 Å². The zero-order valence-corrected chi connectivity index (χ0v) is 30.0. The van der Waals surface area contributed by atoms with E-state index in [9.17, 15) is 4.79 Å². The van der Waals surface area contributed by atoms with Crippen LogP contribution in [0.3, 0.4) is 0 Å². The topological polar surface area (TPSA) is 44.8 Å². The number of methoxy groups -OCH3 is 1. The zero-order chi connectivity index (χ0) is 31.6. The quantitative estimate of drug-likeness (QED) is 0.0976. The molecule has 0 aliphatic rings. The van der Waals surface area contributed by atoms with Crippen molar-refractivity contribution >= 4 is 22.6 Å². The third-order valence-corrected chi connectivity index (χ3v) is 16.6. The number of hydrogen-bond acceptors (Lipinski definition) is 4. The maximum Gasteiger partial charge on any atom is 0.305 e. The fourth-order valence-electron chi connectivity index (χ4n) is 2.97. The molecule has 0 bridgehead atoms. The highest BCUT2D eigenvalue weighted by molar-refractivity contribution is 6.74. The molecule has 4 nitrogen and oxygen atoms in total. The fourth-order valence-corrected chi connectivity index (χ4v) is 5.57. The van der Waals surface area contributed by atoms with E-state index in [1.54, 1.807) is 6.08 Å². The summed E-state index contributed by atoms with van der Waals surface area (Å²) in [6.07, 6.45) is 15.7. The standard InChI is InChI=1S/C35H56O4Si2/c1-13-14-23-26-31(38-40(9,10)34(2,3)4)27-24-21-19-17-15-16-18-20-22-25-28-32(29-30-33(36)37-8)39-41(11,12)35(5,6)7/h14,23-25,27-28,31-32H,13,17-18,26,29-30H2,1-12H3/b23-14-,27-24+,28-25+/t31-,32+/m0/s1. The number of rotatable bonds is 12. The van der Waals surface area contributed by atoms with Gasteiger partial charge in [0.15, 0.2) is 16.6 Å². The molecular formula is C35H56O4Si2. The Morgan fingerprint density at radius 3 is 1.66 bits per heavy atom. The van der Waals surface area contributed by atoms with Gasteiger partial charge in [-0.3, -0.25) is 4.79 Å². The molecule has 0 radical (unpaired) electrons. The molecule has 0 spiro atoms. The van der Waals surface area contributed by atoms with E-state index in [0.717, 1.165) is 12.8 Å². The molecule has 2 atom stereocenters. The number of carbonyl (C=O) groups is 1. The summed E-state index contributed by atoms with van der Waals surface area (Å²) < 4.78 is 17.9. The van der Waals surface area contributed by atoms with Gasteiger partial charge in [-0.05, 0) is 79.8 Å². The Kier molecular flexibility index (Phi) is 18.0. The number of hydrogen-bond donors (Lipinski definition) is 0. The van der Waals surface area contributed by atoms with Crippen LogP contribution in [-0.4, -0.2) is 41.9 Å². The van der Waals surface area contributed by atoms with Crippen molar-refractivity contribution in [1.82, 2.24) is 0 Å². The van der Waals surface area contributed by atoms with Gasteiger partial charge in [-0.15, -0.1) is 0 Å². The Bertz CT molecular complexity index is 1070. The lowest BCUT2D eigenvalue weighted by Crippen LogP contribution is -2.43. The summed E-state index contributed by atoms with van der Waals surface area (Å²) >= 11 is 0. The van der Waals surface area contributed by atoms with Crippen LogP contribution >= 0.6 is 0 Å². The molecule has 0 heterocycles. The van der Waals surface area contributed by atoms with Crippen LogP contribution in [0.4, 0.5) is 0 Å². The number of carbonyl (C=O) groups excluding carboxylic acids is 1. The number of allylic oxidation sites excluding steroid dienone is 3. The smallest absolute Gasteiger partial charge is 0.305 e. The Balaban J connectivity index is 5.02. The second kappa shape index (κ2) is 19.0. The molecule has 0 aliphatic heterocycles. The Morgan fingerprint density at radius 1 is 0.756 bits per heavy atom. The van der Waals surface area contributed by atoms with Crippen molar-refractivity contribution in [3.05, 3.63) is 36.5 Å². The van der Waals surface area contributed by atoms with E-state index in [2.05, 4.69) is 128 Å². The molecule has 0 saturated heterocycles. The molecule has 0 saturated carbocycles. The van der Waals surface area contributed by atoms with Crippen molar-refractivity contribution in [2.45, 2.75) is 135 Å². The lowest BCUT2D eigenvalue weighted by atomic mass is 10.2. The van der Waals surface area contributed by atoms with Crippen molar-refractivity contribution in [3.63, 3.8) is 0 Å². The van der Waals surface area contributed by atoms with Crippen LogP contribution in [-0.2, 0) is 18.4 Å². The van der Waals surface area contributed by atoms with Gasteiger partial charge in [0.1, 0.15) is 0 Å². The van der Waals surface area contributed by atoms with E-state index in [0.29, 0.717) is 25.7 Å². The molecule has 228 valence electrons. The molecule has 0 aromatic heterocycles. The Hall–Kier alpha value is -2.28. The monoisotopic (exact) mass is 596 g/mol. The van der Waals surface area contributed by atoms with E-state index >= 15 is 0 Å².